The van der Waals surface area contributed by atoms with Gasteiger partial charge in [0.25, 0.3) is 0 Å². The molecule has 4 heterocycles. The van der Waals surface area contributed by atoms with Crippen molar-refractivity contribution < 1.29 is 0 Å². The molecule has 90 heavy (non-hydrogen) atoms. The molecule has 4 heteroatoms. The fourth-order valence-electron chi connectivity index (χ4n) is 15.2. The summed E-state index contributed by atoms with van der Waals surface area (Å²) in [6.45, 7) is 0. The average Bonchev–Trinajstić information content (AvgIpc) is 1.59. The third-order valence-electron chi connectivity index (χ3n) is 19.1. The van der Waals surface area contributed by atoms with Gasteiger partial charge in [-0.1, -0.05) is 224 Å². The van der Waals surface area contributed by atoms with Gasteiger partial charge in [-0.05, 0) is 168 Å². The predicted octanol–water partition coefficient (Wildman–Crippen LogP) is 23.2. The molecule has 0 saturated carbocycles. The second-order valence-corrected chi connectivity index (χ2v) is 23.9. The number of hydrogen-bond acceptors (Lipinski definition) is 0. The molecule has 0 aliphatic carbocycles. The van der Waals surface area contributed by atoms with E-state index in [1.807, 2.05) is 0 Å². The minimum Gasteiger partial charge on any atom is -0.309 e. The van der Waals surface area contributed by atoms with Gasteiger partial charge in [0, 0.05) is 65.8 Å². The number of benzene rings is 16. The number of aromatic nitrogens is 4. The van der Waals surface area contributed by atoms with Crippen molar-refractivity contribution in [2.45, 2.75) is 0 Å². The van der Waals surface area contributed by atoms with E-state index >= 15 is 0 Å². The van der Waals surface area contributed by atoms with Crippen LogP contribution in [0.15, 0.2) is 328 Å². The molecular formula is C86H54N4. The van der Waals surface area contributed by atoms with Crippen molar-refractivity contribution >= 4 is 141 Å². The molecule has 4 nitrogen and oxygen atoms in total. The summed E-state index contributed by atoms with van der Waals surface area (Å²) in [5.41, 5.74) is 16.9. The van der Waals surface area contributed by atoms with Crippen LogP contribution < -0.4 is 0 Å². The molecule has 0 atom stereocenters. The molecule has 418 valence electrons. The maximum absolute atomic E-state index is 2.46. The van der Waals surface area contributed by atoms with Crippen molar-refractivity contribution in [3.63, 3.8) is 0 Å². The van der Waals surface area contributed by atoms with E-state index in [9.17, 15) is 0 Å². The summed E-state index contributed by atoms with van der Waals surface area (Å²) >= 11 is 0. The van der Waals surface area contributed by atoms with Crippen LogP contribution in [-0.4, -0.2) is 18.3 Å². The summed E-state index contributed by atoms with van der Waals surface area (Å²) in [7, 11) is 0. The Morgan fingerprint density at radius 3 is 0.956 bits per heavy atom. The highest BCUT2D eigenvalue weighted by atomic mass is 15.0. The Morgan fingerprint density at radius 1 is 0.144 bits per heavy atom. The van der Waals surface area contributed by atoms with Gasteiger partial charge in [-0.3, -0.25) is 0 Å². The largest absolute Gasteiger partial charge is 0.309 e. The molecule has 20 aromatic rings. The first kappa shape index (κ1) is 50.2. The van der Waals surface area contributed by atoms with Gasteiger partial charge in [0.15, 0.2) is 0 Å². The first-order valence-electron chi connectivity index (χ1n) is 31.1. The summed E-state index contributed by atoms with van der Waals surface area (Å²) in [6, 6.07) is 120. The van der Waals surface area contributed by atoms with Gasteiger partial charge in [0.1, 0.15) is 0 Å². The molecule has 0 amide bonds. The van der Waals surface area contributed by atoms with Crippen LogP contribution in [0.3, 0.4) is 0 Å². The Balaban J connectivity index is 0.000000133. The van der Waals surface area contributed by atoms with Crippen molar-refractivity contribution in [2.24, 2.45) is 0 Å². The summed E-state index contributed by atoms with van der Waals surface area (Å²) in [4.78, 5) is 0. The van der Waals surface area contributed by atoms with Crippen LogP contribution in [0.4, 0.5) is 0 Å². The van der Waals surface area contributed by atoms with Crippen LogP contribution in [0.25, 0.3) is 175 Å². The molecule has 0 saturated heterocycles. The van der Waals surface area contributed by atoms with Crippen LogP contribution in [0, 0.1) is 0 Å². The molecule has 0 fully saturated rings. The van der Waals surface area contributed by atoms with Gasteiger partial charge in [0.05, 0.1) is 44.1 Å². The third-order valence-corrected chi connectivity index (χ3v) is 19.1. The van der Waals surface area contributed by atoms with E-state index in [0.29, 0.717) is 0 Å². The Kier molecular flexibility index (Phi) is 11.0. The van der Waals surface area contributed by atoms with Crippen LogP contribution in [0.5, 0.6) is 0 Å². The predicted molar refractivity (Wildman–Crippen MR) is 383 cm³/mol. The van der Waals surface area contributed by atoms with Crippen LogP contribution >= 0.6 is 0 Å². The zero-order valence-electron chi connectivity index (χ0n) is 49.0. The molecule has 0 unspecified atom stereocenters. The molecule has 4 aromatic heterocycles. The number of nitrogens with zero attached hydrogens (tertiary/aromatic N) is 4. The molecular weight excluding hydrogens is 1090 g/mol. The summed E-state index contributed by atoms with van der Waals surface area (Å²) in [5, 5.41) is 23.0. The van der Waals surface area contributed by atoms with Gasteiger partial charge in [-0.2, -0.15) is 0 Å². The van der Waals surface area contributed by atoms with Gasteiger partial charge >= 0.3 is 0 Å². The standard InChI is InChI=1S/C48H30N2.C38H24N2/c1-2-12-35-29-38(25-19-31(35)9-1)50-43-16-8-7-15-41(43)42-30-36(22-26-44(42)50)32-17-23-37(24-18-32)49-45-27-20-33-10-3-5-13-39(33)47(45)48-40-14-6-4-11-34(40)21-28-46(48)49;1-2-12-27(13-3-1)39-33-17-9-8-16-31(33)32-24-28(20-23-34(32)39)40-35-21-18-25-10-4-6-14-29(25)37(35)38-30-15-7-5-11-26(30)19-22-36(38)40/h1-30H;1-24H. The van der Waals surface area contributed by atoms with Gasteiger partial charge in [-0.25, -0.2) is 0 Å². The second kappa shape index (κ2) is 19.8. The minimum atomic E-state index is 1.16. The molecule has 0 N–H and O–H groups in total. The summed E-state index contributed by atoms with van der Waals surface area (Å²) in [5.74, 6) is 0. The fraction of sp³-hybridized carbons (Fsp3) is 0. The molecule has 16 aromatic carbocycles. The highest BCUT2D eigenvalue weighted by Crippen LogP contribution is 2.44. The molecule has 0 radical (unpaired) electrons. The van der Waals surface area contributed by atoms with Crippen molar-refractivity contribution in [1.82, 2.24) is 18.3 Å². The second-order valence-electron chi connectivity index (χ2n) is 23.9. The van der Waals surface area contributed by atoms with Crippen LogP contribution in [0.2, 0.25) is 0 Å². The molecule has 0 aliphatic heterocycles. The van der Waals surface area contributed by atoms with Crippen LogP contribution in [-0.2, 0) is 0 Å². The van der Waals surface area contributed by atoms with E-state index in [-0.39, 0.29) is 0 Å². The van der Waals surface area contributed by atoms with Crippen molar-refractivity contribution in [3.8, 4) is 33.9 Å². The van der Waals surface area contributed by atoms with Gasteiger partial charge < -0.3 is 18.3 Å². The molecule has 0 bridgehead atoms. The van der Waals surface area contributed by atoms with E-state index in [1.54, 1.807) is 0 Å². The molecule has 0 aliphatic rings. The third kappa shape index (κ3) is 7.55. The van der Waals surface area contributed by atoms with Crippen LogP contribution in [0.1, 0.15) is 0 Å². The fourth-order valence-corrected chi connectivity index (χ4v) is 15.2. The zero-order chi connectivity index (χ0) is 59.0. The lowest BCUT2D eigenvalue weighted by atomic mass is 10.00. The lowest BCUT2D eigenvalue weighted by Crippen LogP contribution is -1.95. The summed E-state index contributed by atoms with van der Waals surface area (Å²) < 4.78 is 9.67. The van der Waals surface area contributed by atoms with Crippen molar-refractivity contribution in [3.05, 3.63) is 328 Å². The van der Waals surface area contributed by atoms with Gasteiger partial charge in [-0.15, -0.1) is 0 Å². The minimum absolute atomic E-state index is 1.16. The monoisotopic (exact) mass is 1140 g/mol. The van der Waals surface area contributed by atoms with E-state index in [2.05, 4.69) is 346 Å². The topological polar surface area (TPSA) is 19.7 Å². The number of fused-ring (bicyclic) bond motifs is 21. The Labute approximate surface area is 517 Å². The lowest BCUT2D eigenvalue weighted by Gasteiger charge is -2.11. The zero-order valence-corrected chi connectivity index (χ0v) is 49.0. The molecule has 20 rings (SSSR count). The average molecular weight is 1140 g/mol. The van der Waals surface area contributed by atoms with Gasteiger partial charge in [0.2, 0.25) is 0 Å². The highest BCUT2D eigenvalue weighted by molar-refractivity contribution is 6.30. The van der Waals surface area contributed by atoms with Crippen molar-refractivity contribution in [2.75, 3.05) is 0 Å². The highest BCUT2D eigenvalue weighted by Gasteiger charge is 2.22. The number of para-hydroxylation sites is 3. The summed E-state index contributed by atoms with van der Waals surface area (Å²) in [6.07, 6.45) is 0. The van der Waals surface area contributed by atoms with E-state index in [0.717, 1.165) is 5.69 Å². The first-order valence-corrected chi connectivity index (χ1v) is 31.1. The Bertz CT molecular complexity index is 6150. The lowest BCUT2D eigenvalue weighted by molar-refractivity contribution is 1.17. The Hall–Kier alpha value is -12.0. The van der Waals surface area contributed by atoms with E-state index in [1.165, 1.54) is 169 Å². The maximum atomic E-state index is 2.46. The Morgan fingerprint density at radius 2 is 0.444 bits per heavy atom. The van der Waals surface area contributed by atoms with E-state index in [4.69, 9.17) is 0 Å². The van der Waals surface area contributed by atoms with Crippen molar-refractivity contribution in [1.29, 1.82) is 0 Å². The quantitative estimate of drug-likeness (QED) is 0.164. The molecule has 0 spiro atoms. The number of rotatable bonds is 5. The first-order chi connectivity index (χ1) is 44.7. The smallest absolute Gasteiger partial charge is 0.0547 e. The SMILES string of the molecule is c1ccc(-n2c3ccccc3c3cc(-n4c5ccc6ccccc6c5c5c6ccccc6ccc54)ccc32)cc1.c1ccc2cc(-n3c4ccccc4c4cc(-c5ccc(-n6c7ccc8ccccc8c7c7c8ccccc8ccc76)cc5)ccc43)ccc2c1. The number of hydrogen-bond donors (Lipinski definition) is 0. The van der Waals surface area contributed by atoms with E-state index < -0.39 is 0 Å². The normalized spacial score (nSPS) is 12.0. The maximum Gasteiger partial charge on any atom is 0.0547 e.